The van der Waals surface area contributed by atoms with Crippen LogP contribution in [0.4, 0.5) is 17.6 Å². The van der Waals surface area contributed by atoms with Gasteiger partial charge in [-0.2, -0.15) is 13.2 Å². The van der Waals surface area contributed by atoms with Crippen LogP contribution in [0.15, 0.2) is 54.6 Å². The molecule has 0 aliphatic rings. The van der Waals surface area contributed by atoms with Crippen LogP contribution in [0.1, 0.15) is 28.2 Å². The van der Waals surface area contributed by atoms with Gasteiger partial charge in [0.25, 0.3) is 5.91 Å². The second-order valence-electron chi connectivity index (χ2n) is 6.49. The fourth-order valence-electron chi connectivity index (χ4n) is 2.89. The second kappa shape index (κ2) is 8.42. The van der Waals surface area contributed by atoms with Crippen LogP contribution in [-0.4, -0.2) is 39.4 Å². The Bertz CT molecular complexity index is 968. The van der Waals surface area contributed by atoms with E-state index in [4.69, 9.17) is 0 Å². The Hall–Kier alpha value is -3.23. The smallest absolute Gasteiger partial charge is 0.340 e. The zero-order chi connectivity index (χ0) is 21.0. The van der Waals surface area contributed by atoms with Gasteiger partial charge < -0.3 is 4.90 Å². The molecule has 0 unspecified atom stereocenters. The van der Waals surface area contributed by atoms with E-state index in [2.05, 4.69) is 10.3 Å². The number of aromatic nitrogens is 3. The van der Waals surface area contributed by atoms with Crippen molar-refractivity contribution in [3.05, 3.63) is 77.4 Å². The van der Waals surface area contributed by atoms with Gasteiger partial charge in [0, 0.05) is 13.6 Å². The number of nitrogens with zero attached hydrogens (tertiary/aromatic N) is 4. The largest absolute Gasteiger partial charge is 0.435 e. The summed E-state index contributed by atoms with van der Waals surface area (Å²) in [6, 6.07) is 13.9. The van der Waals surface area contributed by atoms with Crippen LogP contribution in [-0.2, 0) is 12.6 Å². The number of hydrogen-bond acceptors (Lipinski definition) is 3. The molecule has 3 aromatic rings. The summed E-state index contributed by atoms with van der Waals surface area (Å²) in [5, 5.41) is 6.97. The van der Waals surface area contributed by atoms with Crippen molar-refractivity contribution < 1.29 is 22.4 Å². The van der Waals surface area contributed by atoms with E-state index in [1.807, 2.05) is 30.3 Å². The Morgan fingerprint density at radius 1 is 1.07 bits per heavy atom. The van der Waals surface area contributed by atoms with Gasteiger partial charge in [0.1, 0.15) is 5.82 Å². The lowest BCUT2D eigenvalue weighted by Gasteiger charge is -2.17. The van der Waals surface area contributed by atoms with Crippen LogP contribution in [0, 0.1) is 5.82 Å². The zero-order valence-electron chi connectivity index (χ0n) is 15.5. The third-order valence-corrected chi connectivity index (χ3v) is 4.36. The number of halogens is 4. The molecule has 2 aromatic carbocycles. The van der Waals surface area contributed by atoms with Gasteiger partial charge >= 0.3 is 6.18 Å². The molecule has 0 aliphatic heterocycles. The Morgan fingerprint density at radius 3 is 2.34 bits per heavy atom. The molecule has 9 heteroatoms. The predicted octanol–water partition coefficient (Wildman–Crippen LogP) is 4.13. The number of aryl methyl sites for hydroxylation is 1. The molecule has 5 nitrogen and oxygen atoms in total. The standard InChI is InChI=1S/C20H18F4N4O/c1-27(13-5-8-14-6-3-2-4-7-14)19(29)17-18(20(22,23)24)28(26-25-17)16-11-9-15(21)10-12-16/h2-4,6-7,9-12H,5,8,13H2,1H3. The number of rotatable bonds is 6. The molecule has 0 atom stereocenters. The number of carbonyl (C=O) groups excluding carboxylic acids is 1. The Morgan fingerprint density at radius 2 is 1.72 bits per heavy atom. The molecule has 3 rings (SSSR count). The average Bonchev–Trinajstić information content (AvgIpc) is 3.14. The predicted molar refractivity (Wildman–Crippen MR) is 98.0 cm³/mol. The maximum absolute atomic E-state index is 13.7. The first-order valence-electron chi connectivity index (χ1n) is 8.85. The van der Waals surface area contributed by atoms with Crippen molar-refractivity contribution in [2.75, 3.05) is 13.6 Å². The summed E-state index contributed by atoms with van der Waals surface area (Å²) < 4.78 is 54.6. The summed E-state index contributed by atoms with van der Waals surface area (Å²) >= 11 is 0. The molecular formula is C20H18F4N4O. The third kappa shape index (κ3) is 4.79. The van der Waals surface area contributed by atoms with E-state index in [9.17, 15) is 22.4 Å². The highest BCUT2D eigenvalue weighted by Crippen LogP contribution is 2.33. The highest BCUT2D eigenvalue weighted by molar-refractivity contribution is 5.93. The van der Waals surface area contributed by atoms with Crippen molar-refractivity contribution in [3.8, 4) is 5.69 Å². The highest BCUT2D eigenvalue weighted by Gasteiger charge is 2.42. The van der Waals surface area contributed by atoms with Crippen molar-refractivity contribution in [2.24, 2.45) is 0 Å². The lowest BCUT2D eigenvalue weighted by atomic mass is 10.1. The lowest BCUT2D eigenvalue weighted by Crippen LogP contribution is -2.30. The highest BCUT2D eigenvalue weighted by atomic mass is 19.4. The van der Waals surface area contributed by atoms with Crippen LogP contribution >= 0.6 is 0 Å². The summed E-state index contributed by atoms with van der Waals surface area (Å²) in [5.41, 5.74) is -1.04. The molecule has 0 fully saturated rings. The van der Waals surface area contributed by atoms with Crippen molar-refractivity contribution in [2.45, 2.75) is 19.0 Å². The molecule has 0 radical (unpaired) electrons. The Balaban J connectivity index is 1.80. The molecule has 1 heterocycles. The molecule has 1 amide bonds. The maximum Gasteiger partial charge on any atom is 0.435 e. The summed E-state index contributed by atoms with van der Waals surface area (Å²) in [4.78, 5) is 13.8. The van der Waals surface area contributed by atoms with Gasteiger partial charge in [0.05, 0.1) is 5.69 Å². The van der Waals surface area contributed by atoms with Gasteiger partial charge in [0.2, 0.25) is 0 Å². The zero-order valence-corrected chi connectivity index (χ0v) is 15.5. The lowest BCUT2D eigenvalue weighted by molar-refractivity contribution is -0.143. The average molecular weight is 406 g/mol. The van der Waals surface area contributed by atoms with E-state index in [1.165, 1.54) is 11.9 Å². The van der Waals surface area contributed by atoms with E-state index in [-0.39, 0.29) is 12.2 Å². The second-order valence-corrected chi connectivity index (χ2v) is 6.49. The van der Waals surface area contributed by atoms with Gasteiger partial charge in [-0.15, -0.1) is 5.10 Å². The minimum Gasteiger partial charge on any atom is -0.340 e. The molecule has 0 N–H and O–H groups in total. The normalized spacial score (nSPS) is 11.5. The molecule has 0 saturated heterocycles. The maximum atomic E-state index is 13.7. The first kappa shape index (κ1) is 20.5. The molecule has 152 valence electrons. The summed E-state index contributed by atoms with van der Waals surface area (Å²) in [6.07, 6.45) is -3.60. The number of alkyl halides is 3. The Labute approximate surface area is 164 Å². The fourth-order valence-corrected chi connectivity index (χ4v) is 2.89. The minimum absolute atomic E-state index is 0.0444. The van der Waals surface area contributed by atoms with Gasteiger partial charge in [-0.1, -0.05) is 35.5 Å². The van der Waals surface area contributed by atoms with Gasteiger partial charge in [0.15, 0.2) is 11.4 Å². The molecule has 0 aliphatic carbocycles. The van der Waals surface area contributed by atoms with E-state index in [0.717, 1.165) is 29.8 Å². The number of amides is 1. The number of hydrogen-bond donors (Lipinski definition) is 0. The van der Waals surface area contributed by atoms with Gasteiger partial charge in [-0.05, 0) is 42.7 Å². The minimum atomic E-state index is -4.87. The Kier molecular flexibility index (Phi) is 5.95. The fraction of sp³-hybridized carbons (Fsp3) is 0.250. The first-order chi connectivity index (χ1) is 13.8. The van der Waals surface area contributed by atoms with E-state index in [0.29, 0.717) is 17.5 Å². The molecule has 0 spiro atoms. The van der Waals surface area contributed by atoms with Crippen molar-refractivity contribution in [1.82, 2.24) is 19.9 Å². The van der Waals surface area contributed by atoms with Crippen LogP contribution in [0.2, 0.25) is 0 Å². The summed E-state index contributed by atoms with van der Waals surface area (Å²) in [5.74, 6) is -1.48. The van der Waals surface area contributed by atoms with Gasteiger partial charge in [-0.25, -0.2) is 9.07 Å². The van der Waals surface area contributed by atoms with Crippen LogP contribution in [0.3, 0.4) is 0 Å². The van der Waals surface area contributed by atoms with Crippen LogP contribution < -0.4 is 0 Å². The quantitative estimate of drug-likeness (QED) is 0.579. The summed E-state index contributed by atoms with van der Waals surface area (Å²) in [6.45, 7) is 0.258. The molecule has 0 saturated carbocycles. The number of carbonyl (C=O) groups is 1. The van der Waals surface area contributed by atoms with Crippen molar-refractivity contribution in [3.63, 3.8) is 0 Å². The topological polar surface area (TPSA) is 51.0 Å². The monoisotopic (exact) mass is 406 g/mol. The molecule has 1 aromatic heterocycles. The van der Waals surface area contributed by atoms with Gasteiger partial charge in [-0.3, -0.25) is 4.79 Å². The molecular weight excluding hydrogens is 388 g/mol. The van der Waals surface area contributed by atoms with Crippen LogP contribution in [0.5, 0.6) is 0 Å². The van der Waals surface area contributed by atoms with E-state index >= 15 is 0 Å². The SMILES string of the molecule is CN(CCCc1ccccc1)C(=O)c1nnn(-c2ccc(F)cc2)c1C(F)(F)F. The third-order valence-electron chi connectivity index (χ3n) is 4.36. The molecule has 0 bridgehead atoms. The van der Waals surface area contributed by atoms with Crippen LogP contribution in [0.25, 0.3) is 5.69 Å². The molecule has 29 heavy (non-hydrogen) atoms. The summed E-state index contributed by atoms with van der Waals surface area (Å²) in [7, 11) is 1.42. The van der Waals surface area contributed by atoms with Crippen molar-refractivity contribution in [1.29, 1.82) is 0 Å². The van der Waals surface area contributed by atoms with E-state index < -0.39 is 29.3 Å². The van der Waals surface area contributed by atoms with Crippen molar-refractivity contribution >= 4 is 5.91 Å². The van der Waals surface area contributed by atoms with E-state index in [1.54, 1.807) is 0 Å². The number of benzene rings is 2. The first-order valence-corrected chi connectivity index (χ1v) is 8.85.